The average Bonchev–Trinajstić information content (AvgIpc) is 3.04. The second kappa shape index (κ2) is 11.5. The summed E-state index contributed by atoms with van der Waals surface area (Å²) < 4.78 is 19.1. The van der Waals surface area contributed by atoms with Gasteiger partial charge in [-0.25, -0.2) is 4.98 Å². The molecule has 4 fully saturated rings. The molecule has 3 aromatic carbocycles. The summed E-state index contributed by atoms with van der Waals surface area (Å²) in [5.41, 5.74) is 7.00. The molecule has 4 saturated carbocycles. The molecule has 5 nitrogen and oxygen atoms in total. The number of nitrogens with zero attached hydrogens (tertiary/aromatic N) is 2. The van der Waals surface area contributed by atoms with Crippen molar-refractivity contribution in [3.63, 3.8) is 0 Å². The van der Waals surface area contributed by atoms with Gasteiger partial charge < -0.3 is 18.7 Å². The van der Waals surface area contributed by atoms with Crippen LogP contribution in [0, 0.1) is 17.8 Å². The number of likely N-dealkylation sites (N-methyl/N-ethyl adjacent to an activating group) is 1. The molecule has 0 radical (unpaired) electrons. The molecule has 1 aromatic heterocycles. The van der Waals surface area contributed by atoms with Crippen LogP contribution >= 0.6 is 0 Å². The van der Waals surface area contributed by atoms with Gasteiger partial charge in [-0.2, -0.15) is 0 Å². The van der Waals surface area contributed by atoms with Crippen molar-refractivity contribution in [2.75, 3.05) is 20.7 Å². The number of benzene rings is 3. The maximum Gasteiger partial charge on any atom is 0.219 e. The third-order valence-corrected chi connectivity index (χ3v) is 11.3. The minimum Gasteiger partial charge on any atom is -0.493 e. The fourth-order valence-electron chi connectivity index (χ4n) is 9.51. The highest BCUT2D eigenvalue weighted by atomic mass is 16.5. The van der Waals surface area contributed by atoms with E-state index in [0.717, 1.165) is 71.1 Å². The zero-order chi connectivity index (χ0) is 30.4. The minimum absolute atomic E-state index is 0.421. The van der Waals surface area contributed by atoms with E-state index in [1.54, 1.807) is 7.11 Å². The van der Waals surface area contributed by atoms with Crippen molar-refractivity contribution in [2.24, 2.45) is 17.8 Å². The molecule has 232 valence electrons. The summed E-state index contributed by atoms with van der Waals surface area (Å²) in [5.74, 6) is 6.01. The number of hydrogen-bond donors (Lipinski definition) is 0. The Balaban J connectivity index is 0.910. The van der Waals surface area contributed by atoms with Crippen LogP contribution in [0.1, 0.15) is 66.3 Å². The molecule has 0 amide bonds. The first-order valence-electron chi connectivity index (χ1n) is 16.9. The molecule has 4 aliphatic carbocycles. The number of aromatic nitrogens is 1. The molecule has 1 unspecified atom stereocenters. The number of fused-ring (bicyclic) bond motifs is 1. The average molecular weight is 602 g/mol. The second-order valence-corrected chi connectivity index (χ2v) is 14.8. The first-order chi connectivity index (χ1) is 21.9. The lowest BCUT2D eigenvalue weighted by atomic mass is 9.48. The Kier molecular flexibility index (Phi) is 7.32. The summed E-state index contributed by atoms with van der Waals surface area (Å²) in [6.45, 7) is 3.44. The number of rotatable bonds is 9. The van der Waals surface area contributed by atoms with Gasteiger partial charge in [0.2, 0.25) is 5.88 Å². The smallest absolute Gasteiger partial charge is 0.219 e. The highest BCUT2D eigenvalue weighted by Gasteiger charge is 2.51. The Bertz CT molecular complexity index is 1610. The summed E-state index contributed by atoms with van der Waals surface area (Å²) in [4.78, 5) is 4.71. The standard InChI is InChI=1S/C40H45N2O3/c1-42(15-14-33-19-37(43-2)38(20-34(33)26-42)44-27-28-6-4-3-5-7-28)25-29-8-13-39(41-24-29)45-36-11-9-35(10-12-36)40-21-30-16-31(22-40)18-32(17-30)23-40/h3-13,19-20,24,30-32H,14-18,21-23,25-27H2,1-2H3/q+1. The molecule has 2 heterocycles. The van der Waals surface area contributed by atoms with Crippen LogP contribution in [-0.2, 0) is 31.5 Å². The SMILES string of the molecule is COc1cc2c(cc1OCc1ccccc1)C[N+](C)(Cc1ccc(Oc3ccc(C45CC6CC(CC(C6)C4)C5)cc3)nc1)CC2. The first-order valence-corrected chi connectivity index (χ1v) is 16.9. The number of quaternary nitrogens is 1. The van der Waals surface area contributed by atoms with Crippen molar-refractivity contribution < 1.29 is 18.7 Å². The predicted molar refractivity (Wildman–Crippen MR) is 177 cm³/mol. The van der Waals surface area contributed by atoms with E-state index in [-0.39, 0.29) is 0 Å². The number of ether oxygens (including phenoxy) is 3. The van der Waals surface area contributed by atoms with Crippen LogP contribution in [-0.4, -0.2) is 30.2 Å². The Morgan fingerprint density at radius 3 is 2.18 bits per heavy atom. The highest BCUT2D eigenvalue weighted by Crippen LogP contribution is 2.60. The van der Waals surface area contributed by atoms with Gasteiger partial charge in [-0.05, 0) is 109 Å². The van der Waals surface area contributed by atoms with Crippen LogP contribution in [0.3, 0.4) is 0 Å². The van der Waals surface area contributed by atoms with E-state index in [9.17, 15) is 0 Å². The molecule has 9 rings (SSSR count). The topological polar surface area (TPSA) is 40.6 Å². The molecule has 0 N–H and O–H groups in total. The van der Waals surface area contributed by atoms with Crippen LogP contribution in [0.15, 0.2) is 85.1 Å². The lowest BCUT2D eigenvalue weighted by Gasteiger charge is -2.57. The van der Waals surface area contributed by atoms with Crippen LogP contribution in [0.5, 0.6) is 23.1 Å². The van der Waals surface area contributed by atoms with E-state index in [1.165, 1.54) is 60.8 Å². The molecule has 4 bridgehead atoms. The van der Waals surface area contributed by atoms with Gasteiger partial charge in [0.05, 0.1) is 20.7 Å². The van der Waals surface area contributed by atoms with Crippen LogP contribution < -0.4 is 14.2 Å². The largest absolute Gasteiger partial charge is 0.493 e. The fourth-order valence-corrected chi connectivity index (χ4v) is 9.51. The summed E-state index contributed by atoms with van der Waals surface area (Å²) in [6, 6.07) is 27.8. The normalized spacial score (nSPS) is 28.0. The molecule has 0 spiro atoms. The van der Waals surface area contributed by atoms with Crippen molar-refractivity contribution in [1.82, 2.24) is 4.98 Å². The van der Waals surface area contributed by atoms with E-state index in [1.807, 2.05) is 30.5 Å². The van der Waals surface area contributed by atoms with E-state index in [0.29, 0.717) is 17.9 Å². The van der Waals surface area contributed by atoms with Gasteiger partial charge in [0, 0.05) is 29.8 Å². The van der Waals surface area contributed by atoms with Gasteiger partial charge in [-0.1, -0.05) is 42.5 Å². The maximum absolute atomic E-state index is 6.23. The zero-order valence-electron chi connectivity index (χ0n) is 26.7. The van der Waals surface area contributed by atoms with Gasteiger partial charge in [0.25, 0.3) is 0 Å². The maximum atomic E-state index is 6.23. The van der Waals surface area contributed by atoms with Crippen molar-refractivity contribution in [2.45, 2.75) is 70.1 Å². The predicted octanol–water partition coefficient (Wildman–Crippen LogP) is 8.63. The summed E-state index contributed by atoms with van der Waals surface area (Å²) >= 11 is 0. The Morgan fingerprint density at radius 2 is 1.51 bits per heavy atom. The fraction of sp³-hybridized carbons (Fsp3) is 0.425. The molecular weight excluding hydrogens is 556 g/mol. The van der Waals surface area contributed by atoms with Gasteiger partial charge >= 0.3 is 0 Å². The van der Waals surface area contributed by atoms with E-state index >= 15 is 0 Å². The molecule has 5 heteroatoms. The van der Waals surface area contributed by atoms with Gasteiger partial charge in [0.1, 0.15) is 25.4 Å². The van der Waals surface area contributed by atoms with Crippen LogP contribution in [0.4, 0.5) is 0 Å². The molecule has 4 aromatic rings. The first kappa shape index (κ1) is 28.6. The highest BCUT2D eigenvalue weighted by molar-refractivity contribution is 5.48. The quantitative estimate of drug-likeness (QED) is 0.180. The molecule has 1 atom stereocenters. The lowest BCUT2D eigenvalue weighted by Crippen LogP contribution is -2.48. The lowest BCUT2D eigenvalue weighted by molar-refractivity contribution is -0.937. The van der Waals surface area contributed by atoms with Crippen LogP contribution in [0.25, 0.3) is 0 Å². The van der Waals surface area contributed by atoms with Crippen molar-refractivity contribution in [1.29, 1.82) is 0 Å². The number of methoxy groups -OCH3 is 1. The summed E-state index contributed by atoms with van der Waals surface area (Å²) in [7, 11) is 4.06. The van der Waals surface area contributed by atoms with Crippen molar-refractivity contribution >= 4 is 0 Å². The number of pyridine rings is 1. The third-order valence-electron chi connectivity index (χ3n) is 11.3. The monoisotopic (exact) mass is 601 g/mol. The molecule has 45 heavy (non-hydrogen) atoms. The van der Waals surface area contributed by atoms with E-state index in [2.05, 4.69) is 61.6 Å². The van der Waals surface area contributed by atoms with Gasteiger partial charge in [-0.3, -0.25) is 0 Å². The zero-order valence-corrected chi connectivity index (χ0v) is 26.7. The Morgan fingerprint density at radius 1 is 0.800 bits per heavy atom. The molecule has 1 aliphatic heterocycles. The number of hydrogen-bond acceptors (Lipinski definition) is 4. The molecule has 5 aliphatic rings. The second-order valence-electron chi connectivity index (χ2n) is 14.8. The molecule has 0 saturated heterocycles. The Hall–Kier alpha value is -3.83. The Labute approximate surface area is 267 Å². The minimum atomic E-state index is 0.421. The summed E-state index contributed by atoms with van der Waals surface area (Å²) in [5, 5.41) is 0. The van der Waals surface area contributed by atoms with E-state index in [4.69, 9.17) is 19.2 Å². The van der Waals surface area contributed by atoms with Crippen molar-refractivity contribution in [3.8, 4) is 23.1 Å². The van der Waals surface area contributed by atoms with Crippen molar-refractivity contribution in [3.05, 3.63) is 113 Å². The van der Waals surface area contributed by atoms with E-state index < -0.39 is 0 Å². The third kappa shape index (κ3) is 5.83. The van der Waals surface area contributed by atoms with Gasteiger partial charge in [0.15, 0.2) is 11.5 Å². The van der Waals surface area contributed by atoms with Crippen LogP contribution in [0.2, 0.25) is 0 Å². The van der Waals surface area contributed by atoms with Gasteiger partial charge in [-0.15, -0.1) is 0 Å². The summed E-state index contributed by atoms with van der Waals surface area (Å²) in [6.07, 6.45) is 11.6. The molecular formula is C40H45N2O3+.